The second-order valence-corrected chi connectivity index (χ2v) is 11.2. The highest BCUT2D eigenvalue weighted by Crippen LogP contribution is 2.43. The van der Waals surface area contributed by atoms with Crippen LogP contribution in [0.3, 0.4) is 0 Å². The lowest BCUT2D eigenvalue weighted by Gasteiger charge is -2.19. The van der Waals surface area contributed by atoms with Crippen molar-refractivity contribution in [3.63, 3.8) is 0 Å². The number of ether oxygens (including phenoxy) is 1. The molecule has 0 radical (unpaired) electrons. The Bertz CT molecular complexity index is 1260. The average Bonchev–Trinajstić information content (AvgIpc) is 3.15. The molecule has 0 amide bonds. The highest BCUT2D eigenvalue weighted by Gasteiger charge is 2.24. The van der Waals surface area contributed by atoms with E-state index in [-0.39, 0.29) is 5.41 Å². The monoisotopic (exact) mass is 441 g/mol. The van der Waals surface area contributed by atoms with Crippen LogP contribution in [0.5, 0.6) is 5.75 Å². The van der Waals surface area contributed by atoms with E-state index in [1.807, 2.05) is 11.3 Å². The molecule has 4 aromatic rings. The minimum atomic E-state index is 0.146. The van der Waals surface area contributed by atoms with Crippen LogP contribution in [0.25, 0.3) is 32.6 Å². The lowest BCUT2D eigenvalue weighted by atomic mass is 9.86. The van der Waals surface area contributed by atoms with E-state index >= 15 is 0 Å². The normalized spacial score (nSPS) is 16.2. The molecule has 2 aromatic carbocycles. The predicted molar refractivity (Wildman–Crippen MR) is 137 cm³/mol. The smallest absolute Gasteiger partial charge is 0.125 e. The molecule has 32 heavy (non-hydrogen) atoms. The molecule has 1 unspecified atom stereocenters. The van der Waals surface area contributed by atoms with Crippen molar-refractivity contribution >= 4 is 21.6 Å². The van der Waals surface area contributed by atoms with Crippen LogP contribution in [-0.4, -0.2) is 12.1 Å². The predicted octanol–water partition coefficient (Wildman–Crippen LogP) is 8.06. The number of hydrogen-bond donors (Lipinski definition) is 0. The van der Waals surface area contributed by atoms with E-state index in [1.165, 1.54) is 55.8 Å². The van der Waals surface area contributed by atoms with Gasteiger partial charge in [-0.15, -0.1) is 11.3 Å². The van der Waals surface area contributed by atoms with Crippen molar-refractivity contribution in [1.29, 1.82) is 0 Å². The van der Waals surface area contributed by atoms with E-state index in [0.717, 1.165) is 23.8 Å². The van der Waals surface area contributed by atoms with Crippen molar-refractivity contribution in [2.75, 3.05) is 7.11 Å². The van der Waals surface area contributed by atoms with Crippen LogP contribution in [-0.2, 0) is 18.3 Å². The molecule has 0 aliphatic heterocycles. The maximum Gasteiger partial charge on any atom is 0.125 e. The minimum absolute atomic E-state index is 0.146. The summed E-state index contributed by atoms with van der Waals surface area (Å²) in [5.74, 6) is 1.64. The van der Waals surface area contributed by atoms with Crippen molar-refractivity contribution in [1.82, 2.24) is 4.98 Å². The Kier molecular flexibility index (Phi) is 5.33. The number of pyridine rings is 1. The molecule has 5 rings (SSSR count). The van der Waals surface area contributed by atoms with E-state index in [0.29, 0.717) is 0 Å². The largest absolute Gasteiger partial charge is 0.497 e. The van der Waals surface area contributed by atoms with Gasteiger partial charge in [-0.2, -0.15) is 0 Å². The number of fused-ring (bicyclic) bond motifs is 3. The van der Waals surface area contributed by atoms with Gasteiger partial charge in [0.2, 0.25) is 0 Å². The Morgan fingerprint density at radius 2 is 1.66 bits per heavy atom. The summed E-state index contributed by atoms with van der Waals surface area (Å²) >= 11 is 1.90. The van der Waals surface area contributed by atoms with E-state index in [2.05, 4.69) is 82.3 Å². The zero-order valence-electron chi connectivity index (χ0n) is 19.7. The van der Waals surface area contributed by atoms with Crippen molar-refractivity contribution in [2.24, 2.45) is 5.92 Å². The van der Waals surface area contributed by atoms with Gasteiger partial charge in [0, 0.05) is 15.8 Å². The Balaban J connectivity index is 1.70. The molecule has 164 valence electrons. The third-order valence-electron chi connectivity index (χ3n) is 6.71. The molecule has 2 heterocycles. The summed E-state index contributed by atoms with van der Waals surface area (Å²) < 4.78 is 5.40. The minimum Gasteiger partial charge on any atom is -0.497 e. The number of aryl methyl sites for hydroxylation is 1. The first-order chi connectivity index (χ1) is 15.3. The molecule has 1 atom stereocenters. The number of nitrogens with zero attached hydrogens (tertiary/aromatic N) is 1. The quantitative estimate of drug-likeness (QED) is 0.321. The van der Waals surface area contributed by atoms with Crippen LogP contribution in [0, 0.1) is 5.92 Å². The van der Waals surface area contributed by atoms with Crippen LogP contribution < -0.4 is 4.74 Å². The first-order valence-electron chi connectivity index (χ1n) is 11.5. The van der Waals surface area contributed by atoms with Crippen LogP contribution in [0.2, 0.25) is 0 Å². The van der Waals surface area contributed by atoms with Crippen molar-refractivity contribution < 1.29 is 4.74 Å². The van der Waals surface area contributed by atoms with Gasteiger partial charge < -0.3 is 4.74 Å². The molecular weight excluding hydrogens is 410 g/mol. The van der Waals surface area contributed by atoms with Gasteiger partial charge in [-0.05, 0) is 71.0 Å². The van der Waals surface area contributed by atoms with E-state index in [4.69, 9.17) is 9.72 Å². The Morgan fingerprint density at radius 3 is 2.31 bits per heavy atom. The molecule has 2 aromatic heterocycles. The van der Waals surface area contributed by atoms with Crippen molar-refractivity contribution in [3.8, 4) is 28.1 Å². The Labute approximate surface area is 195 Å². The molecule has 0 saturated heterocycles. The maximum absolute atomic E-state index is 5.40. The van der Waals surface area contributed by atoms with Crippen molar-refractivity contribution in [2.45, 2.75) is 52.4 Å². The first kappa shape index (κ1) is 21.2. The summed E-state index contributed by atoms with van der Waals surface area (Å²) in [6, 6.07) is 19.7. The Morgan fingerprint density at radius 1 is 0.969 bits per heavy atom. The van der Waals surface area contributed by atoms with Crippen LogP contribution >= 0.6 is 11.3 Å². The molecule has 3 heteroatoms. The lowest BCUT2D eigenvalue weighted by Crippen LogP contribution is -2.10. The summed E-state index contributed by atoms with van der Waals surface area (Å²) in [6.07, 6.45) is 3.59. The van der Waals surface area contributed by atoms with E-state index in [1.54, 1.807) is 7.11 Å². The third-order valence-corrected chi connectivity index (χ3v) is 7.86. The van der Waals surface area contributed by atoms with Gasteiger partial charge in [-0.3, -0.25) is 0 Å². The van der Waals surface area contributed by atoms with Crippen LogP contribution in [0.4, 0.5) is 0 Å². The van der Waals surface area contributed by atoms with Gasteiger partial charge in [0.15, 0.2) is 0 Å². The van der Waals surface area contributed by atoms with Crippen molar-refractivity contribution in [3.05, 3.63) is 70.6 Å². The zero-order valence-corrected chi connectivity index (χ0v) is 20.5. The summed E-state index contributed by atoms with van der Waals surface area (Å²) in [5, 5.41) is 1.36. The highest BCUT2D eigenvalue weighted by molar-refractivity contribution is 7.19. The lowest BCUT2D eigenvalue weighted by molar-refractivity contribution is 0.415. The summed E-state index contributed by atoms with van der Waals surface area (Å²) in [5.41, 5.74) is 7.76. The van der Waals surface area contributed by atoms with Gasteiger partial charge >= 0.3 is 0 Å². The number of hydrogen-bond acceptors (Lipinski definition) is 3. The van der Waals surface area contributed by atoms with Gasteiger partial charge in [0.1, 0.15) is 10.6 Å². The molecule has 0 N–H and O–H groups in total. The SMILES string of the molecule is COc1ccc(-c2cc(-c3ccc(C(C)(C)C)cc3)nc3sc4c(c23)CCC(C)C4)cc1. The Hall–Kier alpha value is -2.65. The molecule has 0 bridgehead atoms. The fourth-order valence-corrected chi connectivity index (χ4v) is 6.14. The van der Waals surface area contributed by atoms with E-state index in [9.17, 15) is 0 Å². The molecule has 0 spiro atoms. The molecule has 1 aliphatic rings. The molecule has 0 saturated carbocycles. The average molecular weight is 442 g/mol. The van der Waals surface area contributed by atoms with Crippen LogP contribution in [0.15, 0.2) is 54.6 Å². The van der Waals surface area contributed by atoms with Gasteiger partial charge in [-0.25, -0.2) is 4.98 Å². The molecule has 1 aliphatic carbocycles. The maximum atomic E-state index is 5.40. The fourth-order valence-electron chi connectivity index (χ4n) is 4.73. The van der Waals surface area contributed by atoms with Gasteiger partial charge in [-0.1, -0.05) is 64.1 Å². The second-order valence-electron chi connectivity index (χ2n) is 10.1. The zero-order chi connectivity index (χ0) is 22.5. The van der Waals surface area contributed by atoms with Gasteiger partial charge in [0.25, 0.3) is 0 Å². The second kappa shape index (κ2) is 8.04. The summed E-state index contributed by atoms with van der Waals surface area (Å²) in [7, 11) is 1.72. The van der Waals surface area contributed by atoms with Crippen LogP contribution in [0.1, 0.15) is 50.1 Å². The third kappa shape index (κ3) is 3.84. The number of aromatic nitrogens is 1. The molecule has 0 fully saturated rings. The highest BCUT2D eigenvalue weighted by atomic mass is 32.1. The summed E-state index contributed by atoms with van der Waals surface area (Å²) in [6.45, 7) is 9.13. The number of benzene rings is 2. The topological polar surface area (TPSA) is 22.1 Å². The summed E-state index contributed by atoms with van der Waals surface area (Å²) in [4.78, 5) is 7.88. The first-order valence-corrected chi connectivity index (χ1v) is 12.4. The fraction of sp³-hybridized carbons (Fsp3) is 0.345. The number of rotatable bonds is 3. The standard InChI is InChI=1S/C29H31NOS/c1-18-6-15-23-26(16-18)32-28-27(23)24(19-9-13-22(31-5)14-10-19)17-25(30-28)20-7-11-21(12-8-20)29(2,3)4/h7-14,17-18H,6,15-16H2,1-5H3. The number of methoxy groups -OCH3 is 1. The molecule has 2 nitrogen and oxygen atoms in total. The van der Waals surface area contributed by atoms with E-state index < -0.39 is 0 Å². The molecular formula is C29H31NOS. The van der Waals surface area contributed by atoms with Gasteiger partial charge in [0.05, 0.1) is 12.8 Å². The number of thiophene rings is 1.